The average molecular weight is 262 g/mol. The molecule has 17 heavy (non-hydrogen) atoms. The molecule has 1 heterocycles. The normalized spacial score (nSPS) is 10.3. The minimum Gasteiger partial charge on any atom is -0.256 e. The standard InChI is InChI=1S/C10H8N2.C2H6.CS2/c11-6-5-9-7-8-3-1-2-4-10(8)12-9;1-2;2-1-3/h1-4H,5,7H2;1-2H3;. The number of nitriles is 1. The smallest absolute Gasteiger partial charge is 0.0739 e. The lowest BCUT2D eigenvalue weighted by molar-refractivity contribution is 1.31. The zero-order chi connectivity index (χ0) is 13.1. The van der Waals surface area contributed by atoms with Crippen molar-refractivity contribution in [3.8, 4) is 6.07 Å². The second-order valence-corrected chi connectivity index (χ2v) is 3.57. The van der Waals surface area contributed by atoms with Crippen molar-refractivity contribution in [1.82, 2.24) is 0 Å². The van der Waals surface area contributed by atoms with Gasteiger partial charge in [-0.2, -0.15) is 5.26 Å². The van der Waals surface area contributed by atoms with Crippen LogP contribution >= 0.6 is 24.4 Å². The first-order chi connectivity index (χ1) is 8.31. The van der Waals surface area contributed by atoms with Crippen LogP contribution in [0.1, 0.15) is 25.8 Å². The lowest BCUT2D eigenvalue weighted by atomic mass is 10.1. The van der Waals surface area contributed by atoms with Gasteiger partial charge in [-0.3, -0.25) is 4.99 Å². The molecule has 2 nitrogen and oxygen atoms in total. The number of nitrogens with zero attached hydrogens (tertiary/aromatic N) is 2. The third-order valence-electron chi connectivity index (χ3n) is 1.95. The maximum atomic E-state index is 8.47. The molecule has 0 fully saturated rings. The Bertz CT molecular complexity index is 453. The van der Waals surface area contributed by atoms with E-state index in [1.165, 1.54) is 5.56 Å². The van der Waals surface area contributed by atoms with Gasteiger partial charge in [0.1, 0.15) is 0 Å². The van der Waals surface area contributed by atoms with Crippen LogP contribution in [-0.4, -0.2) is 10.0 Å². The van der Waals surface area contributed by atoms with Crippen LogP contribution in [0.5, 0.6) is 0 Å². The van der Waals surface area contributed by atoms with E-state index in [-0.39, 0.29) is 0 Å². The number of aliphatic imine (C=N–C) groups is 1. The molecule has 0 unspecified atom stereocenters. The van der Waals surface area contributed by atoms with Gasteiger partial charge in [0, 0.05) is 16.4 Å². The molecular weight excluding hydrogens is 248 g/mol. The summed E-state index contributed by atoms with van der Waals surface area (Å²) in [6.07, 6.45) is 1.30. The Hall–Kier alpha value is -1.40. The highest BCUT2D eigenvalue weighted by atomic mass is 32.1. The van der Waals surface area contributed by atoms with Crippen LogP contribution in [0.15, 0.2) is 29.3 Å². The average Bonchev–Trinajstić information content (AvgIpc) is 2.75. The molecule has 0 bridgehead atoms. The highest BCUT2D eigenvalue weighted by molar-refractivity contribution is 7.93. The van der Waals surface area contributed by atoms with Crippen LogP contribution in [-0.2, 0) is 6.42 Å². The monoisotopic (exact) mass is 262 g/mol. The van der Waals surface area contributed by atoms with Crippen molar-refractivity contribution >= 4 is 40.1 Å². The summed E-state index contributed by atoms with van der Waals surface area (Å²) in [6.45, 7) is 4.00. The van der Waals surface area contributed by atoms with Gasteiger partial charge in [0.05, 0.1) is 18.2 Å². The second kappa shape index (κ2) is 9.80. The second-order valence-electron chi connectivity index (χ2n) is 2.90. The van der Waals surface area contributed by atoms with E-state index in [2.05, 4.69) is 41.6 Å². The molecule has 0 saturated carbocycles. The number of hydrogen-bond acceptors (Lipinski definition) is 4. The van der Waals surface area contributed by atoms with Gasteiger partial charge in [-0.15, -0.1) is 0 Å². The fraction of sp³-hybridized carbons (Fsp3) is 0.308. The van der Waals surface area contributed by atoms with Gasteiger partial charge in [-0.1, -0.05) is 32.0 Å². The Kier molecular flexibility index (Phi) is 8.99. The first kappa shape index (κ1) is 15.6. The molecule has 1 aromatic rings. The summed E-state index contributed by atoms with van der Waals surface area (Å²) in [6, 6.07) is 10.1. The van der Waals surface area contributed by atoms with Gasteiger partial charge >= 0.3 is 0 Å². The minimum atomic E-state index is 0.453. The molecule has 0 amide bonds. The number of hydrogen-bond donors (Lipinski definition) is 0. The molecule has 0 aliphatic carbocycles. The number of para-hydroxylation sites is 1. The summed E-state index contributed by atoms with van der Waals surface area (Å²) in [4.78, 5) is 4.34. The Morgan fingerprint density at radius 3 is 2.41 bits per heavy atom. The molecule has 2 rings (SSSR count). The first-order valence-corrected chi connectivity index (χ1v) is 6.14. The maximum absolute atomic E-state index is 8.47. The number of rotatable bonds is 1. The molecule has 4 heteroatoms. The van der Waals surface area contributed by atoms with Crippen molar-refractivity contribution < 1.29 is 0 Å². The molecule has 1 aliphatic heterocycles. The van der Waals surface area contributed by atoms with Crippen LogP contribution in [0.4, 0.5) is 5.69 Å². The Morgan fingerprint density at radius 2 is 1.88 bits per heavy atom. The molecule has 0 atom stereocenters. The predicted octanol–water partition coefficient (Wildman–Crippen LogP) is 4.27. The van der Waals surface area contributed by atoms with E-state index in [1.54, 1.807) is 0 Å². The van der Waals surface area contributed by atoms with Crippen molar-refractivity contribution in [2.75, 3.05) is 0 Å². The Labute approximate surface area is 113 Å². The van der Waals surface area contributed by atoms with E-state index in [0.29, 0.717) is 6.42 Å². The summed E-state index contributed by atoms with van der Waals surface area (Å²) < 4.78 is 1.92. The lowest BCUT2D eigenvalue weighted by Crippen LogP contribution is -1.94. The predicted molar refractivity (Wildman–Crippen MR) is 79.0 cm³/mol. The summed E-state index contributed by atoms with van der Waals surface area (Å²) in [5, 5.41) is 8.47. The zero-order valence-electron chi connectivity index (χ0n) is 9.93. The summed E-state index contributed by atoms with van der Waals surface area (Å²) in [5.41, 5.74) is 3.25. The van der Waals surface area contributed by atoms with E-state index < -0.39 is 0 Å². The van der Waals surface area contributed by atoms with Crippen molar-refractivity contribution in [3.05, 3.63) is 29.8 Å². The van der Waals surface area contributed by atoms with E-state index >= 15 is 0 Å². The van der Waals surface area contributed by atoms with Crippen LogP contribution in [0, 0.1) is 11.3 Å². The molecule has 1 aromatic carbocycles. The molecular formula is C13H14N2S2. The summed E-state index contributed by atoms with van der Waals surface area (Å²) in [5.74, 6) is 0. The van der Waals surface area contributed by atoms with Crippen molar-refractivity contribution in [2.45, 2.75) is 26.7 Å². The Balaban J connectivity index is 0.000000450. The molecule has 0 spiro atoms. The third-order valence-corrected chi connectivity index (χ3v) is 1.95. The van der Waals surface area contributed by atoms with E-state index in [9.17, 15) is 0 Å². The van der Waals surface area contributed by atoms with Gasteiger partial charge in [-0.25, -0.2) is 0 Å². The maximum Gasteiger partial charge on any atom is 0.0739 e. The molecule has 1 aliphatic rings. The van der Waals surface area contributed by atoms with Crippen LogP contribution in [0.2, 0.25) is 0 Å². The fourth-order valence-electron chi connectivity index (χ4n) is 1.39. The number of thiocarbonyl (C=S) groups is 2. The van der Waals surface area contributed by atoms with Gasteiger partial charge in [0.15, 0.2) is 0 Å². The molecule has 0 radical (unpaired) electrons. The van der Waals surface area contributed by atoms with Gasteiger partial charge in [0.2, 0.25) is 0 Å². The lowest BCUT2D eigenvalue weighted by Gasteiger charge is -1.92. The first-order valence-electron chi connectivity index (χ1n) is 5.32. The van der Waals surface area contributed by atoms with Crippen molar-refractivity contribution in [1.29, 1.82) is 5.26 Å². The number of benzene rings is 1. The largest absolute Gasteiger partial charge is 0.256 e. The third kappa shape index (κ3) is 5.46. The molecule has 0 aromatic heterocycles. The highest BCUT2D eigenvalue weighted by Crippen LogP contribution is 2.26. The molecule has 88 valence electrons. The van der Waals surface area contributed by atoms with Gasteiger partial charge < -0.3 is 0 Å². The van der Waals surface area contributed by atoms with Gasteiger partial charge in [-0.05, 0) is 36.1 Å². The Morgan fingerprint density at radius 1 is 1.29 bits per heavy atom. The van der Waals surface area contributed by atoms with Crippen molar-refractivity contribution in [2.24, 2.45) is 4.99 Å². The van der Waals surface area contributed by atoms with Crippen LogP contribution in [0.3, 0.4) is 0 Å². The van der Waals surface area contributed by atoms with E-state index in [0.717, 1.165) is 17.8 Å². The minimum absolute atomic E-state index is 0.453. The SMILES string of the molecule is CC.N#CCC1=Nc2ccccc2C1.S=C=S. The van der Waals surface area contributed by atoms with Crippen LogP contribution < -0.4 is 0 Å². The quantitative estimate of drug-likeness (QED) is 0.709. The fourth-order valence-corrected chi connectivity index (χ4v) is 1.39. The summed E-state index contributed by atoms with van der Waals surface area (Å²) in [7, 11) is 0. The van der Waals surface area contributed by atoms with Gasteiger partial charge in [0.25, 0.3) is 0 Å². The molecule has 0 N–H and O–H groups in total. The van der Waals surface area contributed by atoms with E-state index in [1.807, 2.05) is 36.4 Å². The summed E-state index contributed by atoms with van der Waals surface area (Å²) >= 11 is 7.92. The zero-order valence-corrected chi connectivity index (χ0v) is 11.6. The molecule has 0 saturated heterocycles. The van der Waals surface area contributed by atoms with Crippen LogP contribution in [0.25, 0.3) is 0 Å². The van der Waals surface area contributed by atoms with Crippen molar-refractivity contribution in [3.63, 3.8) is 0 Å². The highest BCUT2D eigenvalue weighted by Gasteiger charge is 2.12. The van der Waals surface area contributed by atoms with E-state index in [4.69, 9.17) is 5.26 Å². The topological polar surface area (TPSA) is 36.1 Å². The number of fused-ring (bicyclic) bond motifs is 1.